The van der Waals surface area contributed by atoms with Gasteiger partial charge in [0.15, 0.2) is 0 Å². The second kappa shape index (κ2) is 3.36. The van der Waals surface area contributed by atoms with Crippen LogP contribution in [0.1, 0.15) is 33.6 Å². The van der Waals surface area contributed by atoms with Crippen LogP contribution in [0.15, 0.2) is 0 Å². The summed E-state index contributed by atoms with van der Waals surface area (Å²) < 4.78 is -0.423. The van der Waals surface area contributed by atoms with Crippen molar-refractivity contribution in [3.05, 3.63) is 0 Å². The van der Waals surface area contributed by atoms with E-state index < -0.39 is 4.32 Å². The summed E-state index contributed by atoms with van der Waals surface area (Å²) in [5.41, 5.74) is 0. The van der Waals surface area contributed by atoms with Gasteiger partial charge in [0.1, 0.15) is 0 Å². The monoisotopic (exact) mass is 233 g/mol. The summed E-state index contributed by atoms with van der Waals surface area (Å²) in [6, 6.07) is 0.444. The lowest BCUT2D eigenvalue weighted by atomic mass is 10.2. The Hall–Kier alpha value is -0.0500. The zero-order chi connectivity index (χ0) is 9.35. The summed E-state index contributed by atoms with van der Waals surface area (Å²) in [5, 5.41) is 3.01. The average molecular weight is 234 g/mol. The summed E-state index contributed by atoms with van der Waals surface area (Å²) in [6.07, 6.45) is 2.33. The van der Waals surface area contributed by atoms with Crippen LogP contribution in [0.25, 0.3) is 0 Å². The predicted molar refractivity (Wildman–Crippen MR) is 53.3 cm³/mol. The van der Waals surface area contributed by atoms with Gasteiger partial charge in [0.05, 0.1) is 4.32 Å². The van der Waals surface area contributed by atoms with E-state index in [2.05, 4.69) is 28.2 Å². The van der Waals surface area contributed by atoms with Gasteiger partial charge in [-0.1, -0.05) is 29.3 Å². The smallest absolute Gasteiger partial charge is 0.236 e. The summed E-state index contributed by atoms with van der Waals surface area (Å²) >= 11 is 3.33. The first kappa shape index (κ1) is 10.0. The largest absolute Gasteiger partial charge is 0.352 e. The molecule has 1 N–H and O–H groups in total. The normalized spacial score (nSPS) is 28.3. The van der Waals surface area contributed by atoms with Crippen molar-refractivity contribution in [2.24, 2.45) is 5.92 Å². The molecule has 0 aromatic heterocycles. The van der Waals surface area contributed by atoms with E-state index in [-0.39, 0.29) is 5.91 Å². The van der Waals surface area contributed by atoms with E-state index >= 15 is 0 Å². The highest BCUT2D eigenvalue weighted by Crippen LogP contribution is 2.33. The predicted octanol–water partition coefficient (Wildman–Crippen LogP) is 2.07. The molecule has 0 aromatic carbocycles. The van der Waals surface area contributed by atoms with Crippen LogP contribution in [-0.4, -0.2) is 16.3 Å². The maximum absolute atomic E-state index is 11.4. The van der Waals surface area contributed by atoms with Crippen molar-refractivity contribution in [3.63, 3.8) is 0 Å². The van der Waals surface area contributed by atoms with E-state index in [1.54, 1.807) is 0 Å². The zero-order valence-corrected chi connectivity index (χ0v) is 9.44. The number of hydrogen-bond acceptors (Lipinski definition) is 1. The second-order valence-electron chi connectivity index (χ2n) is 3.96. The van der Waals surface area contributed by atoms with Crippen molar-refractivity contribution in [2.75, 3.05) is 0 Å². The lowest BCUT2D eigenvalue weighted by Gasteiger charge is -2.15. The summed E-state index contributed by atoms with van der Waals surface area (Å²) in [7, 11) is 0. The SMILES string of the molecule is CCC1CC1NC(=O)C(C)(C)Br. The number of amides is 1. The molecular weight excluding hydrogens is 218 g/mol. The Bertz CT molecular complexity index is 185. The molecule has 0 radical (unpaired) electrons. The number of halogens is 1. The van der Waals surface area contributed by atoms with Crippen LogP contribution in [-0.2, 0) is 4.79 Å². The molecule has 1 rings (SSSR count). The van der Waals surface area contributed by atoms with Gasteiger partial charge in [0.25, 0.3) is 0 Å². The van der Waals surface area contributed by atoms with Crippen molar-refractivity contribution >= 4 is 21.8 Å². The van der Waals surface area contributed by atoms with E-state index in [0.29, 0.717) is 6.04 Å². The van der Waals surface area contributed by atoms with Crippen molar-refractivity contribution in [2.45, 2.75) is 44.0 Å². The van der Waals surface area contributed by atoms with Gasteiger partial charge in [0, 0.05) is 6.04 Å². The third-order valence-corrected chi connectivity index (χ3v) is 2.66. The van der Waals surface area contributed by atoms with Gasteiger partial charge in [0.2, 0.25) is 5.91 Å². The highest BCUT2D eigenvalue weighted by atomic mass is 79.9. The molecule has 0 aromatic rings. The number of carbonyl (C=O) groups is 1. The molecule has 1 saturated carbocycles. The van der Waals surface area contributed by atoms with E-state index in [9.17, 15) is 4.79 Å². The minimum absolute atomic E-state index is 0.100. The topological polar surface area (TPSA) is 29.1 Å². The van der Waals surface area contributed by atoms with Crippen molar-refractivity contribution in [1.29, 1.82) is 0 Å². The van der Waals surface area contributed by atoms with E-state index in [1.807, 2.05) is 13.8 Å². The van der Waals surface area contributed by atoms with Gasteiger partial charge >= 0.3 is 0 Å². The third kappa shape index (κ3) is 2.47. The Labute approximate surface area is 82.2 Å². The Morgan fingerprint density at radius 2 is 2.25 bits per heavy atom. The molecule has 0 saturated heterocycles. The molecule has 1 aliphatic rings. The zero-order valence-electron chi connectivity index (χ0n) is 7.86. The molecular formula is C9H16BrNO. The lowest BCUT2D eigenvalue weighted by molar-refractivity contribution is -0.122. The Morgan fingerprint density at radius 1 is 1.67 bits per heavy atom. The maximum atomic E-state index is 11.4. The molecule has 12 heavy (non-hydrogen) atoms. The molecule has 70 valence electrons. The van der Waals surface area contributed by atoms with E-state index in [4.69, 9.17) is 0 Å². The van der Waals surface area contributed by atoms with Gasteiger partial charge < -0.3 is 5.32 Å². The fourth-order valence-electron chi connectivity index (χ4n) is 1.22. The van der Waals surface area contributed by atoms with E-state index in [1.165, 1.54) is 6.42 Å². The molecule has 0 bridgehead atoms. The molecule has 2 atom stereocenters. The van der Waals surface area contributed by atoms with Crippen LogP contribution < -0.4 is 5.32 Å². The number of carbonyl (C=O) groups excluding carboxylic acids is 1. The highest BCUT2D eigenvalue weighted by molar-refractivity contribution is 9.10. The van der Waals surface area contributed by atoms with Crippen LogP contribution >= 0.6 is 15.9 Å². The van der Waals surface area contributed by atoms with Crippen LogP contribution in [0.3, 0.4) is 0 Å². The average Bonchev–Trinajstić information content (AvgIpc) is 2.65. The first-order chi connectivity index (χ1) is 5.45. The Balaban J connectivity index is 2.30. The first-order valence-electron chi connectivity index (χ1n) is 4.45. The van der Waals surface area contributed by atoms with E-state index in [0.717, 1.165) is 12.3 Å². The summed E-state index contributed by atoms with van der Waals surface area (Å²) in [4.78, 5) is 11.4. The number of hydrogen-bond donors (Lipinski definition) is 1. The highest BCUT2D eigenvalue weighted by Gasteiger charge is 2.38. The van der Waals surface area contributed by atoms with Crippen LogP contribution in [0.5, 0.6) is 0 Å². The van der Waals surface area contributed by atoms with Crippen molar-refractivity contribution < 1.29 is 4.79 Å². The van der Waals surface area contributed by atoms with Crippen LogP contribution in [0.4, 0.5) is 0 Å². The molecule has 0 heterocycles. The van der Waals surface area contributed by atoms with Gasteiger partial charge in [-0.25, -0.2) is 0 Å². The quantitative estimate of drug-likeness (QED) is 0.744. The third-order valence-electron chi connectivity index (χ3n) is 2.30. The number of rotatable bonds is 3. The fraction of sp³-hybridized carbons (Fsp3) is 0.889. The molecule has 1 aliphatic carbocycles. The fourth-order valence-corrected chi connectivity index (χ4v) is 1.33. The van der Waals surface area contributed by atoms with Crippen molar-refractivity contribution in [1.82, 2.24) is 5.32 Å². The summed E-state index contributed by atoms with van der Waals surface area (Å²) in [5.74, 6) is 0.826. The standard InChI is InChI=1S/C9H16BrNO/c1-4-6-5-7(6)11-8(12)9(2,3)10/h6-7H,4-5H2,1-3H3,(H,11,12). The molecule has 2 unspecified atom stereocenters. The molecule has 3 heteroatoms. The Kier molecular flexibility index (Phi) is 2.81. The molecule has 0 spiro atoms. The first-order valence-corrected chi connectivity index (χ1v) is 5.24. The molecule has 1 fully saturated rings. The van der Waals surface area contributed by atoms with Gasteiger partial charge in [-0.05, 0) is 26.2 Å². The Morgan fingerprint density at radius 3 is 2.58 bits per heavy atom. The molecule has 1 amide bonds. The number of nitrogens with one attached hydrogen (secondary N) is 1. The van der Waals surface area contributed by atoms with Crippen LogP contribution in [0, 0.1) is 5.92 Å². The lowest BCUT2D eigenvalue weighted by Crippen LogP contribution is -2.39. The summed E-state index contributed by atoms with van der Waals surface area (Å²) in [6.45, 7) is 5.90. The van der Waals surface area contributed by atoms with Gasteiger partial charge in [-0.3, -0.25) is 4.79 Å². The van der Waals surface area contributed by atoms with Gasteiger partial charge in [-0.2, -0.15) is 0 Å². The van der Waals surface area contributed by atoms with Crippen molar-refractivity contribution in [3.8, 4) is 0 Å². The number of alkyl halides is 1. The molecule has 2 nitrogen and oxygen atoms in total. The van der Waals surface area contributed by atoms with Gasteiger partial charge in [-0.15, -0.1) is 0 Å². The maximum Gasteiger partial charge on any atom is 0.236 e. The minimum atomic E-state index is -0.423. The van der Waals surface area contributed by atoms with Crippen LogP contribution in [0.2, 0.25) is 0 Å². The second-order valence-corrected chi connectivity index (χ2v) is 5.94. The molecule has 0 aliphatic heterocycles. The minimum Gasteiger partial charge on any atom is -0.352 e.